The molecule has 2 saturated carbocycles. The van der Waals surface area contributed by atoms with Crippen LogP contribution in [-0.2, 0) is 4.79 Å². The molecule has 1 unspecified atom stereocenters. The van der Waals surface area contributed by atoms with Crippen molar-refractivity contribution in [3.63, 3.8) is 0 Å². The lowest BCUT2D eigenvalue weighted by atomic mass is 9.83. The summed E-state index contributed by atoms with van der Waals surface area (Å²) < 4.78 is 0. The number of rotatable bonds is 6. The lowest BCUT2D eigenvalue weighted by Crippen LogP contribution is -2.44. The van der Waals surface area contributed by atoms with E-state index in [1.54, 1.807) is 0 Å². The van der Waals surface area contributed by atoms with Crippen LogP contribution in [0, 0.1) is 5.92 Å². The third-order valence-electron chi connectivity index (χ3n) is 4.66. The van der Waals surface area contributed by atoms with Gasteiger partial charge in [-0.15, -0.1) is 0 Å². The van der Waals surface area contributed by atoms with Gasteiger partial charge in [-0.2, -0.15) is 0 Å². The van der Waals surface area contributed by atoms with E-state index in [-0.39, 0.29) is 5.91 Å². The molecule has 104 valence electrons. The van der Waals surface area contributed by atoms with Crippen molar-refractivity contribution in [2.24, 2.45) is 5.92 Å². The highest BCUT2D eigenvalue weighted by molar-refractivity contribution is 5.78. The molecule has 2 fully saturated rings. The van der Waals surface area contributed by atoms with E-state index in [2.05, 4.69) is 12.2 Å². The van der Waals surface area contributed by atoms with E-state index in [0.29, 0.717) is 18.6 Å². The predicted octanol–water partition coefficient (Wildman–Crippen LogP) is 2.56. The Morgan fingerprint density at radius 1 is 1.22 bits per heavy atom. The van der Waals surface area contributed by atoms with E-state index in [9.17, 15) is 4.79 Å². The molecular weight excluding hydrogens is 224 g/mol. The van der Waals surface area contributed by atoms with Crippen LogP contribution in [0.3, 0.4) is 0 Å². The number of carbonyl (C=O) groups excluding carboxylic acids is 1. The normalized spacial score (nSPS) is 22.8. The minimum Gasteiger partial charge on any atom is -0.342 e. The van der Waals surface area contributed by atoms with Gasteiger partial charge in [-0.3, -0.25) is 4.79 Å². The van der Waals surface area contributed by atoms with Crippen molar-refractivity contribution < 1.29 is 4.79 Å². The Hall–Kier alpha value is -0.570. The van der Waals surface area contributed by atoms with Crippen molar-refractivity contribution >= 4 is 5.91 Å². The summed E-state index contributed by atoms with van der Waals surface area (Å²) in [5, 5.41) is 3.51. The lowest BCUT2D eigenvalue weighted by molar-refractivity contribution is -0.129. The van der Waals surface area contributed by atoms with Crippen LogP contribution < -0.4 is 5.32 Å². The van der Waals surface area contributed by atoms with Crippen LogP contribution in [0.1, 0.15) is 58.3 Å². The van der Waals surface area contributed by atoms with Gasteiger partial charge in [0.05, 0.1) is 6.54 Å². The number of likely N-dealkylation sites (N-methyl/N-ethyl adjacent to an activating group) is 1. The highest BCUT2D eigenvalue weighted by atomic mass is 16.2. The molecule has 0 aromatic rings. The molecule has 1 amide bonds. The second-order valence-corrected chi connectivity index (χ2v) is 6.03. The fourth-order valence-electron chi connectivity index (χ4n) is 3.19. The molecule has 1 atom stereocenters. The van der Waals surface area contributed by atoms with Crippen LogP contribution >= 0.6 is 0 Å². The standard InChI is InChI=1S/C15H28N2O/c1-3-14(12-7-5-4-6-8-12)16-11-15(18)17(2)13-9-10-13/h12-14,16H,3-11H2,1-2H3. The third kappa shape index (κ3) is 3.71. The minimum absolute atomic E-state index is 0.270. The second kappa shape index (κ2) is 6.55. The van der Waals surface area contributed by atoms with Crippen molar-refractivity contribution in [2.75, 3.05) is 13.6 Å². The first-order valence-corrected chi connectivity index (χ1v) is 7.71. The van der Waals surface area contributed by atoms with Crippen LogP contribution in [-0.4, -0.2) is 36.5 Å². The molecule has 1 N–H and O–H groups in total. The Labute approximate surface area is 111 Å². The highest BCUT2D eigenvalue weighted by Gasteiger charge is 2.30. The number of carbonyl (C=O) groups is 1. The van der Waals surface area contributed by atoms with Gasteiger partial charge in [0.25, 0.3) is 0 Å². The molecule has 0 spiro atoms. The van der Waals surface area contributed by atoms with E-state index >= 15 is 0 Å². The van der Waals surface area contributed by atoms with Gasteiger partial charge in [0.1, 0.15) is 0 Å². The minimum atomic E-state index is 0.270. The zero-order valence-electron chi connectivity index (χ0n) is 12.0. The summed E-state index contributed by atoms with van der Waals surface area (Å²) in [5.74, 6) is 1.06. The maximum atomic E-state index is 12.0. The topological polar surface area (TPSA) is 32.3 Å². The third-order valence-corrected chi connectivity index (χ3v) is 4.66. The van der Waals surface area contributed by atoms with E-state index in [1.165, 1.54) is 44.9 Å². The average molecular weight is 252 g/mol. The van der Waals surface area contributed by atoms with E-state index in [1.807, 2.05) is 11.9 Å². The summed E-state index contributed by atoms with van der Waals surface area (Å²) in [4.78, 5) is 13.9. The van der Waals surface area contributed by atoms with Gasteiger partial charge in [0, 0.05) is 19.1 Å². The van der Waals surface area contributed by atoms with Crippen molar-refractivity contribution in [1.82, 2.24) is 10.2 Å². The molecule has 18 heavy (non-hydrogen) atoms. The molecule has 2 aliphatic rings. The molecule has 0 radical (unpaired) electrons. The van der Waals surface area contributed by atoms with Crippen LogP contribution in [0.4, 0.5) is 0 Å². The zero-order valence-corrected chi connectivity index (χ0v) is 12.0. The van der Waals surface area contributed by atoms with E-state index in [0.717, 1.165) is 12.3 Å². The smallest absolute Gasteiger partial charge is 0.236 e. The van der Waals surface area contributed by atoms with Gasteiger partial charge in [0.2, 0.25) is 5.91 Å². The zero-order chi connectivity index (χ0) is 13.0. The molecule has 0 heterocycles. The summed E-state index contributed by atoms with van der Waals surface area (Å²) in [5.41, 5.74) is 0. The van der Waals surface area contributed by atoms with Crippen molar-refractivity contribution in [1.29, 1.82) is 0 Å². The fourth-order valence-corrected chi connectivity index (χ4v) is 3.19. The summed E-state index contributed by atoms with van der Waals surface area (Å²) in [6.07, 6.45) is 10.4. The first-order valence-electron chi connectivity index (χ1n) is 7.71. The maximum absolute atomic E-state index is 12.0. The highest BCUT2D eigenvalue weighted by Crippen LogP contribution is 2.28. The first-order chi connectivity index (χ1) is 8.72. The van der Waals surface area contributed by atoms with Crippen LogP contribution in [0.25, 0.3) is 0 Å². The van der Waals surface area contributed by atoms with Gasteiger partial charge in [0.15, 0.2) is 0 Å². The summed E-state index contributed by atoms with van der Waals surface area (Å²) in [6.45, 7) is 2.77. The van der Waals surface area contributed by atoms with E-state index < -0.39 is 0 Å². The Bertz CT molecular complexity index is 270. The Balaban J connectivity index is 1.73. The molecule has 3 heteroatoms. The molecule has 2 aliphatic carbocycles. The number of nitrogens with one attached hydrogen (secondary N) is 1. The Morgan fingerprint density at radius 3 is 2.44 bits per heavy atom. The van der Waals surface area contributed by atoms with Gasteiger partial charge in [-0.1, -0.05) is 26.2 Å². The maximum Gasteiger partial charge on any atom is 0.236 e. The SMILES string of the molecule is CCC(NCC(=O)N(C)C1CC1)C1CCCCC1. The monoisotopic (exact) mass is 252 g/mol. The molecular formula is C15H28N2O. The Morgan fingerprint density at radius 2 is 1.89 bits per heavy atom. The summed E-state index contributed by atoms with van der Waals surface area (Å²) in [7, 11) is 1.95. The van der Waals surface area contributed by atoms with Gasteiger partial charge >= 0.3 is 0 Å². The van der Waals surface area contributed by atoms with Crippen molar-refractivity contribution in [3.8, 4) is 0 Å². The van der Waals surface area contributed by atoms with Gasteiger partial charge in [-0.25, -0.2) is 0 Å². The predicted molar refractivity (Wildman–Crippen MR) is 74.4 cm³/mol. The van der Waals surface area contributed by atoms with Gasteiger partial charge < -0.3 is 10.2 Å². The number of amides is 1. The quantitative estimate of drug-likeness (QED) is 0.788. The van der Waals surface area contributed by atoms with E-state index in [4.69, 9.17) is 0 Å². The molecule has 0 aliphatic heterocycles. The second-order valence-electron chi connectivity index (χ2n) is 6.03. The molecule has 0 aromatic heterocycles. The van der Waals surface area contributed by atoms with Crippen molar-refractivity contribution in [3.05, 3.63) is 0 Å². The lowest BCUT2D eigenvalue weighted by Gasteiger charge is -2.30. The number of hydrogen-bond acceptors (Lipinski definition) is 2. The van der Waals surface area contributed by atoms with Crippen LogP contribution in [0.15, 0.2) is 0 Å². The van der Waals surface area contributed by atoms with Crippen molar-refractivity contribution in [2.45, 2.75) is 70.4 Å². The molecule has 0 saturated heterocycles. The summed E-state index contributed by atoms with van der Waals surface area (Å²) >= 11 is 0. The first kappa shape index (κ1) is 13.9. The largest absolute Gasteiger partial charge is 0.342 e. The number of nitrogens with zero attached hydrogens (tertiary/aromatic N) is 1. The molecule has 2 rings (SSSR count). The molecule has 0 bridgehead atoms. The molecule has 0 aromatic carbocycles. The average Bonchev–Trinajstić information content (AvgIpc) is 3.24. The van der Waals surface area contributed by atoms with Gasteiger partial charge in [-0.05, 0) is 38.0 Å². The van der Waals surface area contributed by atoms with Crippen LogP contribution in [0.5, 0.6) is 0 Å². The fraction of sp³-hybridized carbons (Fsp3) is 0.933. The summed E-state index contributed by atoms with van der Waals surface area (Å²) in [6, 6.07) is 1.08. The molecule has 3 nitrogen and oxygen atoms in total. The number of hydrogen-bond donors (Lipinski definition) is 1. The van der Waals surface area contributed by atoms with Crippen LogP contribution in [0.2, 0.25) is 0 Å². The Kier molecular flexibility index (Phi) is 5.04.